The number of hydrogen-bond acceptors (Lipinski definition) is 5. The fraction of sp³-hybridized carbons (Fsp3) is 0.588. The Bertz CT molecular complexity index is 684. The third kappa shape index (κ3) is 6.29. The van der Waals surface area contributed by atoms with Gasteiger partial charge in [-0.1, -0.05) is 37.7 Å². The summed E-state index contributed by atoms with van der Waals surface area (Å²) in [5.74, 6) is 1.20. The first kappa shape index (κ1) is 20.2. The van der Waals surface area contributed by atoms with Crippen LogP contribution in [0, 0.1) is 5.92 Å². The van der Waals surface area contributed by atoms with E-state index in [1.54, 1.807) is 18.2 Å². The largest absolute Gasteiger partial charge is 0.379 e. The molecular formula is C17H27N3O3S2. The monoisotopic (exact) mass is 385 g/mol. The zero-order valence-electron chi connectivity index (χ0n) is 14.8. The van der Waals surface area contributed by atoms with Crippen molar-refractivity contribution in [2.75, 3.05) is 32.8 Å². The maximum Gasteiger partial charge on any atom is 0.243 e. The van der Waals surface area contributed by atoms with Crippen molar-refractivity contribution in [2.45, 2.75) is 30.9 Å². The molecule has 0 radical (unpaired) electrons. The van der Waals surface area contributed by atoms with Crippen LogP contribution >= 0.6 is 11.8 Å². The lowest BCUT2D eigenvalue weighted by atomic mass is 10.1. The minimum atomic E-state index is -3.46. The number of thioether (sulfide) groups is 1. The highest BCUT2D eigenvalue weighted by Crippen LogP contribution is 2.21. The number of rotatable bonds is 7. The molecule has 8 heteroatoms. The number of amidine groups is 1. The van der Waals surface area contributed by atoms with Gasteiger partial charge in [0, 0.05) is 25.4 Å². The van der Waals surface area contributed by atoms with Crippen molar-refractivity contribution in [3.63, 3.8) is 0 Å². The summed E-state index contributed by atoms with van der Waals surface area (Å²) in [6, 6.07) is 7.04. The molecule has 1 aromatic carbocycles. The molecule has 0 amide bonds. The van der Waals surface area contributed by atoms with E-state index in [0.717, 1.165) is 18.5 Å². The smallest absolute Gasteiger partial charge is 0.243 e. The number of nitrogens with zero attached hydrogens (tertiary/aromatic N) is 2. The molecule has 1 fully saturated rings. The van der Waals surface area contributed by atoms with Crippen molar-refractivity contribution in [1.29, 1.82) is 0 Å². The molecule has 6 nitrogen and oxygen atoms in total. The first-order valence-corrected chi connectivity index (χ1v) is 10.9. The van der Waals surface area contributed by atoms with Crippen LogP contribution in [0.1, 0.15) is 25.8 Å². The van der Waals surface area contributed by atoms with Gasteiger partial charge in [0.25, 0.3) is 0 Å². The number of benzene rings is 1. The summed E-state index contributed by atoms with van der Waals surface area (Å²) in [4.78, 5) is 4.66. The maximum absolute atomic E-state index is 12.7. The Kier molecular flexibility index (Phi) is 7.74. The third-order valence-corrected chi connectivity index (χ3v) is 6.66. The number of aliphatic imine (C=N–C) groups is 1. The van der Waals surface area contributed by atoms with Gasteiger partial charge in [0.2, 0.25) is 10.0 Å². The van der Waals surface area contributed by atoms with E-state index in [0.29, 0.717) is 48.0 Å². The normalized spacial score (nSPS) is 17.2. The Morgan fingerprint density at radius 2 is 2.08 bits per heavy atom. The molecule has 25 heavy (non-hydrogen) atoms. The summed E-state index contributed by atoms with van der Waals surface area (Å²) in [5.41, 5.74) is 6.84. The topological polar surface area (TPSA) is 85.0 Å². The number of morpholine rings is 1. The van der Waals surface area contributed by atoms with E-state index >= 15 is 0 Å². The lowest BCUT2D eigenvalue weighted by Gasteiger charge is -2.26. The number of nitrogens with two attached hydrogens (primary N) is 1. The zero-order valence-corrected chi connectivity index (χ0v) is 16.5. The summed E-state index contributed by atoms with van der Waals surface area (Å²) in [7, 11) is -3.46. The summed E-state index contributed by atoms with van der Waals surface area (Å²) in [5, 5.41) is 0.544. The van der Waals surface area contributed by atoms with Crippen molar-refractivity contribution in [3.8, 4) is 0 Å². The predicted octanol–water partition coefficient (Wildman–Crippen LogP) is 2.30. The van der Waals surface area contributed by atoms with Crippen molar-refractivity contribution in [2.24, 2.45) is 16.6 Å². The minimum absolute atomic E-state index is 0.322. The van der Waals surface area contributed by atoms with Gasteiger partial charge in [0.05, 0.1) is 18.1 Å². The van der Waals surface area contributed by atoms with E-state index in [2.05, 4.69) is 18.8 Å². The summed E-state index contributed by atoms with van der Waals surface area (Å²) in [6.45, 7) is 6.71. The first-order chi connectivity index (χ1) is 11.9. The Balaban J connectivity index is 1.98. The van der Waals surface area contributed by atoms with Gasteiger partial charge in [0.15, 0.2) is 5.17 Å². The van der Waals surface area contributed by atoms with Gasteiger partial charge in [-0.05, 0) is 30.0 Å². The minimum Gasteiger partial charge on any atom is -0.379 e. The van der Waals surface area contributed by atoms with Crippen LogP contribution < -0.4 is 5.73 Å². The summed E-state index contributed by atoms with van der Waals surface area (Å²) >= 11 is 1.44. The van der Waals surface area contributed by atoms with Gasteiger partial charge in [-0.2, -0.15) is 4.31 Å². The van der Waals surface area contributed by atoms with Crippen LogP contribution in [0.4, 0.5) is 0 Å². The van der Waals surface area contributed by atoms with Crippen LogP contribution in [-0.2, 0) is 20.5 Å². The van der Waals surface area contributed by atoms with E-state index in [4.69, 9.17) is 10.5 Å². The molecule has 1 aromatic rings. The van der Waals surface area contributed by atoms with E-state index in [9.17, 15) is 8.42 Å². The number of sulfonamides is 1. The highest BCUT2D eigenvalue weighted by Gasteiger charge is 2.26. The quantitative estimate of drug-likeness (QED) is 0.575. The van der Waals surface area contributed by atoms with E-state index < -0.39 is 10.0 Å². The molecule has 2 rings (SSSR count). The van der Waals surface area contributed by atoms with Crippen LogP contribution in [-0.4, -0.2) is 50.7 Å². The second-order valence-corrected chi connectivity index (χ2v) is 9.29. The molecule has 2 N–H and O–H groups in total. The Morgan fingerprint density at radius 1 is 1.36 bits per heavy atom. The van der Waals surface area contributed by atoms with E-state index in [1.165, 1.54) is 16.1 Å². The average molecular weight is 386 g/mol. The highest BCUT2D eigenvalue weighted by molar-refractivity contribution is 8.13. The molecular weight excluding hydrogens is 358 g/mol. The molecule has 1 aliphatic rings. The summed E-state index contributed by atoms with van der Waals surface area (Å²) < 4.78 is 32.1. The number of hydrogen-bond donors (Lipinski definition) is 1. The average Bonchev–Trinajstić information content (AvgIpc) is 2.60. The zero-order chi connectivity index (χ0) is 18.3. The fourth-order valence-corrected chi connectivity index (χ4v) is 4.52. The standard InChI is InChI=1S/C17H27N3O3S2/c1-14(2)6-7-19-17(18)24-13-15-4-3-5-16(12-15)25(21,22)20-8-10-23-11-9-20/h3-5,12,14H,6-11,13H2,1-2H3,(H2,18,19). The van der Waals surface area contributed by atoms with Gasteiger partial charge < -0.3 is 10.5 Å². The number of ether oxygens (including phenoxy) is 1. The molecule has 140 valence electrons. The Morgan fingerprint density at radius 3 is 2.76 bits per heavy atom. The molecule has 0 unspecified atom stereocenters. The van der Waals surface area contributed by atoms with Crippen LogP contribution in [0.3, 0.4) is 0 Å². The molecule has 1 saturated heterocycles. The predicted molar refractivity (Wildman–Crippen MR) is 103 cm³/mol. The Labute approximate surface area is 154 Å². The van der Waals surface area contributed by atoms with Crippen LogP contribution in [0.5, 0.6) is 0 Å². The van der Waals surface area contributed by atoms with Gasteiger partial charge in [-0.15, -0.1) is 0 Å². The second kappa shape index (κ2) is 9.56. The van der Waals surface area contributed by atoms with Crippen LogP contribution in [0.2, 0.25) is 0 Å². The lowest BCUT2D eigenvalue weighted by Crippen LogP contribution is -2.40. The molecule has 1 aliphatic heterocycles. The van der Waals surface area contributed by atoms with Crippen molar-refractivity contribution in [3.05, 3.63) is 29.8 Å². The van der Waals surface area contributed by atoms with Crippen LogP contribution in [0.15, 0.2) is 34.2 Å². The third-order valence-electron chi connectivity index (χ3n) is 3.87. The lowest BCUT2D eigenvalue weighted by molar-refractivity contribution is 0.0730. The molecule has 0 saturated carbocycles. The van der Waals surface area contributed by atoms with Crippen molar-refractivity contribution < 1.29 is 13.2 Å². The molecule has 0 aromatic heterocycles. The maximum atomic E-state index is 12.7. The molecule has 0 aliphatic carbocycles. The second-order valence-electron chi connectivity index (χ2n) is 6.36. The van der Waals surface area contributed by atoms with Gasteiger partial charge in [0.1, 0.15) is 0 Å². The van der Waals surface area contributed by atoms with Gasteiger partial charge >= 0.3 is 0 Å². The molecule has 0 spiro atoms. The molecule has 1 heterocycles. The Hall–Kier alpha value is -1.09. The van der Waals surface area contributed by atoms with Crippen molar-refractivity contribution in [1.82, 2.24) is 4.31 Å². The first-order valence-electron chi connectivity index (χ1n) is 8.49. The molecule has 0 atom stereocenters. The van der Waals surface area contributed by atoms with E-state index in [-0.39, 0.29) is 0 Å². The van der Waals surface area contributed by atoms with Crippen LogP contribution in [0.25, 0.3) is 0 Å². The van der Waals surface area contributed by atoms with Gasteiger partial charge in [-0.3, -0.25) is 4.99 Å². The van der Waals surface area contributed by atoms with Crippen molar-refractivity contribution >= 4 is 27.0 Å². The summed E-state index contributed by atoms with van der Waals surface area (Å²) in [6.07, 6.45) is 1.01. The highest BCUT2D eigenvalue weighted by atomic mass is 32.2. The SMILES string of the molecule is CC(C)CCN=C(N)SCc1cccc(S(=O)(=O)N2CCOCC2)c1. The fourth-order valence-electron chi connectivity index (χ4n) is 2.37. The van der Waals surface area contributed by atoms with E-state index in [1.807, 2.05) is 6.07 Å². The van der Waals surface area contributed by atoms with Gasteiger partial charge in [-0.25, -0.2) is 8.42 Å². The molecule has 0 bridgehead atoms.